The molecule has 0 unspecified atom stereocenters. The van der Waals surface area contributed by atoms with Crippen LogP contribution in [0.3, 0.4) is 0 Å². The molecule has 2 atom stereocenters. The van der Waals surface area contributed by atoms with E-state index < -0.39 is 9.84 Å². The molecule has 2 aliphatic rings. The van der Waals surface area contributed by atoms with Gasteiger partial charge in [-0.25, -0.2) is 8.42 Å². The molecule has 0 spiro atoms. The molecule has 2 saturated heterocycles. The summed E-state index contributed by atoms with van der Waals surface area (Å²) in [5, 5.41) is 3.15. The van der Waals surface area contributed by atoms with E-state index in [2.05, 4.69) is 5.32 Å². The molecule has 0 aromatic carbocycles. The van der Waals surface area contributed by atoms with Crippen LogP contribution in [0, 0.1) is 0 Å². The normalized spacial score (nSPS) is 35.4. The number of nitrogens with one attached hydrogen (secondary N) is 1. The first-order valence-electron chi connectivity index (χ1n) is 4.70. The standard InChI is InChI=1S/C8H14N2O3S/c1-6(11)10-3-2-9-7-4-14(12,13)5-8(7)10/h7-9H,2-5H2,1H3/t7-,8+/m1/s1. The molecule has 0 aromatic rings. The number of hydrogen-bond acceptors (Lipinski definition) is 4. The summed E-state index contributed by atoms with van der Waals surface area (Å²) >= 11 is 0. The first-order chi connectivity index (χ1) is 6.49. The summed E-state index contributed by atoms with van der Waals surface area (Å²) in [4.78, 5) is 12.9. The summed E-state index contributed by atoms with van der Waals surface area (Å²) in [7, 11) is -2.95. The lowest BCUT2D eigenvalue weighted by molar-refractivity contribution is -0.132. The third kappa shape index (κ3) is 1.64. The molecule has 1 N–H and O–H groups in total. The fourth-order valence-corrected chi connectivity index (χ4v) is 4.21. The van der Waals surface area contributed by atoms with Gasteiger partial charge in [0, 0.05) is 26.1 Å². The minimum atomic E-state index is -2.95. The highest BCUT2D eigenvalue weighted by Gasteiger charge is 2.43. The van der Waals surface area contributed by atoms with E-state index in [1.807, 2.05) is 0 Å². The zero-order valence-electron chi connectivity index (χ0n) is 8.06. The van der Waals surface area contributed by atoms with Gasteiger partial charge in [-0.3, -0.25) is 4.79 Å². The van der Waals surface area contributed by atoms with Crippen LogP contribution in [0.5, 0.6) is 0 Å². The third-order valence-electron chi connectivity index (χ3n) is 2.89. The summed E-state index contributed by atoms with van der Waals surface area (Å²) in [6.45, 7) is 2.80. The predicted octanol–water partition coefficient (Wildman–Crippen LogP) is -1.40. The maximum atomic E-state index is 11.4. The molecule has 6 heteroatoms. The highest BCUT2D eigenvalue weighted by atomic mass is 32.2. The molecule has 0 aromatic heterocycles. The first-order valence-corrected chi connectivity index (χ1v) is 6.53. The Morgan fingerprint density at radius 3 is 2.79 bits per heavy atom. The summed E-state index contributed by atoms with van der Waals surface area (Å²) in [6.07, 6.45) is 0. The number of sulfone groups is 1. The van der Waals surface area contributed by atoms with E-state index in [-0.39, 0.29) is 29.5 Å². The number of carbonyl (C=O) groups is 1. The Labute approximate surface area is 83.4 Å². The Morgan fingerprint density at radius 1 is 1.43 bits per heavy atom. The maximum absolute atomic E-state index is 11.4. The average molecular weight is 218 g/mol. The topological polar surface area (TPSA) is 66.5 Å². The number of amides is 1. The van der Waals surface area contributed by atoms with Gasteiger partial charge in [0.2, 0.25) is 5.91 Å². The van der Waals surface area contributed by atoms with Crippen molar-refractivity contribution in [2.75, 3.05) is 24.6 Å². The molecule has 2 rings (SSSR count). The van der Waals surface area contributed by atoms with Gasteiger partial charge in [-0.1, -0.05) is 0 Å². The van der Waals surface area contributed by atoms with Crippen molar-refractivity contribution in [2.45, 2.75) is 19.0 Å². The Hall–Kier alpha value is -0.620. The van der Waals surface area contributed by atoms with Gasteiger partial charge in [0.05, 0.1) is 17.5 Å². The van der Waals surface area contributed by atoms with Gasteiger partial charge in [-0.05, 0) is 0 Å². The Bertz CT molecular complexity index is 352. The van der Waals surface area contributed by atoms with Crippen LogP contribution in [-0.2, 0) is 14.6 Å². The molecule has 2 fully saturated rings. The van der Waals surface area contributed by atoms with E-state index in [0.717, 1.165) is 0 Å². The van der Waals surface area contributed by atoms with Crippen molar-refractivity contribution in [3.63, 3.8) is 0 Å². The van der Waals surface area contributed by atoms with Crippen LogP contribution in [-0.4, -0.2) is 55.9 Å². The number of hydrogen-bond donors (Lipinski definition) is 1. The number of piperazine rings is 1. The number of fused-ring (bicyclic) bond motifs is 1. The SMILES string of the molecule is CC(=O)N1CCN[C@@H]2CS(=O)(=O)C[C@@H]21. The minimum Gasteiger partial charge on any atom is -0.336 e. The molecular formula is C8H14N2O3S. The molecule has 2 aliphatic heterocycles. The number of rotatable bonds is 0. The number of carbonyl (C=O) groups excluding carboxylic acids is 1. The van der Waals surface area contributed by atoms with Crippen LogP contribution in [0.25, 0.3) is 0 Å². The summed E-state index contributed by atoms with van der Waals surface area (Å²) in [5.74, 6) is 0.254. The molecule has 0 saturated carbocycles. The monoisotopic (exact) mass is 218 g/mol. The molecule has 1 amide bonds. The fourth-order valence-electron chi connectivity index (χ4n) is 2.26. The Balaban J connectivity index is 2.22. The summed E-state index contributed by atoms with van der Waals surface area (Å²) in [5.41, 5.74) is 0. The lowest BCUT2D eigenvalue weighted by Crippen LogP contribution is -2.58. The van der Waals surface area contributed by atoms with Gasteiger partial charge < -0.3 is 10.2 Å². The molecule has 0 bridgehead atoms. The minimum absolute atomic E-state index is 0.0291. The van der Waals surface area contributed by atoms with Crippen LogP contribution in [0.2, 0.25) is 0 Å². The van der Waals surface area contributed by atoms with Crippen LogP contribution in [0.4, 0.5) is 0 Å². The van der Waals surface area contributed by atoms with Gasteiger partial charge in [-0.15, -0.1) is 0 Å². The van der Waals surface area contributed by atoms with Crippen LogP contribution >= 0.6 is 0 Å². The summed E-state index contributed by atoms with van der Waals surface area (Å²) < 4.78 is 22.8. The highest BCUT2D eigenvalue weighted by Crippen LogP contribution is 2.21. The molecule has 2 heterocycles. The Morgan fingerprint density at radius 2 is 2.14 bits per heavy atom. The maximum Gasteiger partial charge on any atom is 0.219 e. The van der Waals surface area contributed by atoms with Crippen molar-refractivity contribution in [1.82, 2.24) is 10.2 Å². The molecule has 80 valence electrons. The van der Waals surface area contributed by atoms with Crippen molar-refractivity contribution in [3.8, 4) is 0 Å². The van der Waals surface area contributed by atoms with E-state index in [1.165, 1.54) is 6.92 Å². The average Bonchev–Trinajstić information content (AvgIpc) is 2.36. The molecular weight excluding hydrogens is 204 g/mol. The number of nitrogens with zero attached hydrogens (tertiary/aromatic N) is 1. The second-order valence-corrected chi connectivity index (χ2v) is 6.07. The second-order valence-electron chi connectivity index (χ2n) is 3.92. The van der Waals surface area contributed by atoms with Crippen molar-refractivity contribution >= 4 is 15.7 Å². The molecule has 5 nitrogen and oxygen atoms in total. The van der Waals surface area contributed by atoms with Crippen LogP contribution in [0.15, 0.2) is 0 Å². The van der Waals surface area contributed by atoms with Crippen LogP contribution in [0.1, 0.15) is 6.92 Å². The van der Waals surface area contributed by atoms with Gasteiger partial charge >= 0.3 is 0 Å². The predicted molar refractivity (Wildman–Crippen MR) is 51.6 cm³/mol. The van der Waals surface area contributed by atoms with Crippen LogP contribution < -0.4 is 5.32 Å². The van der Waals surface area contributed by atoms with Crippen molar-refractivity contribution in [2.24, 2.45) is 0 Å². The van der Waals surface area contributed by atoms with Gasteiger partial charge in [-0.2, -0.15) is 0 Å². The Kier molecular flexibility index (Phi) is 2.27. The quantitative estimate of drug-likeness (QED) is 0.543. The fraction of sp³-hybridized carbons (Fsp3) is 0.875. The smallest absolute Gasteiger partial charge is 0.219 e. The summed E-state index contributed by atoms with van der Waals surface area (Å²) in [6, 6.07) is -0.205. The first kappa shape index (κ1) is 9.92. The van der Waals surface area contributed by atoms with E-state index in [4.69, 9.17) is 0 Å². The van der Waals surface area contributed by atoms with Gasteiger partial charge in [0.1, 0.15) is 0 Å². The lowest BCUT2D eigenvalue weighted by atomic mass is 10.1. The van der Waals surface area contributed by atoms with E-state index in [1.54, 1.807) is 4.90 Å². The van der Waals surface area contributed by atoms with E-state index in [0.29, 0.717) is 13.1 Å². The highest BCUT2D eigenvalue weighted by molar-refractivity contribution is 7.91. The van der Waals surface area contributed by atoms with Crippen molar-refractivity contribution in [3.05, 3.63) is 0 Å². The van der Waals surface area contributed by atoms with Gasteiger partial charge in [0.25, 0.3) is 0 Å². The molecule has 0 radical (unpaired) electrons. The largest absolute Gasteiger partial charge is 0.336 e. The second kappa shape index (κ2) is 3.20. The molecule has 0 aliphatic carbocycles. The third-order valence-corrected chi connectivity index (χ3v) is 4.60. The van der Waals surface area contributed by atoms with Crippen molar-refractivity contribution < 1.29 is 13.2 Å². The van der Waals surface area contributed by atoms with E-state index >= 15 is 0 Å². The van der Waals surface area contributed by atoms with E-state index in [9.17, 15) is 13.2 Å². The van der Waals surface area contributed by atoms with Crippen molar-refractivity contribution in [1.29, 1.82) is 0 Å². The lowest BCUT2D eigenvalue weighted by Gasteiger charge is -2.36. The van der Waals surface area contributed by atoms with Gasteiger partial charge in [0.15, 0.2) is 9.84 Å². The zero-order valence-corrected chi connectivity index (χ0v) is 8.88. The zero-order chi connectivity index (χ0) is 10.3. The molecule has 14 heavy (non-hydrogen) atoms.